The summed E-state index contributed by atoms with van der Waals surface area (Å²) in [6.45, 7) is 1.45. The van der Waals surface area contributed by atoms with Crippen LogP contribution in [0.25, 0.3) is 0 Å². The molecule has 0 aliphatic rings. The Balaban J connectivity index is 3.44. The molecular formula is C9H6Cl2N2O7. The predicted molar refractivity (Wildman–Crippen MR) is 67.4 cm³/mol. The average Bonchev–Trinajstić information content (AvgIpc) is 2.32. The third kappa shape index (κ3) is 3.25. The second-order valence-corrected chi connectivity index (χ2v) is 3.95. The molecule has 20 heavy (non-hydrogen) atoms. The maximum absolute atomic E-state index is 11.2. The highest BCUT2D eigenvalue weighted by Gasteiger charge is 2.33. The number of nitrogens with zero attached hydrogens (tertiary/aromatic N) is 2. The van der Waals surface area contributed by atoms with Crippen molar-refractivity contribution in [2.24, 2.45) is 0 Å². The highest BCUT2D eigenvalue weighted by atomic mass is 35.5. The number of benzene rings is 1. The molecule has 0 aliphatic carbocycles. The van der Waals surface area contributed by atoms with E-state index < -0.39 is 43.2 Å². The number of rotatable bonds is 4. The van der Waals surface area contributed by atoms with Crippen LogP contribution in [-0.2, 0) is 4.74 Å². The molecule has 1 rings (SSSR count). The van der Waals surface area contributed by atoms with Gasteiger partial charge in [0.25, 0.3) is 5.69 Å². The lowest BCUT2D eigenvalue weighted by molar-refractivity contribution is -0.394. The van der Waals surface area contributed by atoms with Gasteiger partial charge in [-0.1, -0.05) is 23.2 Å². The van der Waals surface area contributed by atoms with E-state index in [1.165, 1.54) is 6.92 Å². The molecule has 0 N–H and O–H groups in total. The first-order valence-corrected chi connectivity index (χ1v) is 5.70. The number of hydrogen-bond acceptors (Lipinski definition) is 7. The van der Waals surface area contributed by atoms with Gasteiger partial charge in [0.1, 0.15) is 0 Å². The minimum atomic E-state index is -1.25. The highest BCUT2D eigenvalue weighted by Crippen LogP contribution is 2.45. The van der Waals surface area contributed by atoms with Gasteiger partial charge in [-0.05, 0) is 6.92 Å². The molecule has 0 heterocycles. The molecule has 0 saturated carbocycles. The van der Waals surface area contributed by atoms with Crippen molar-refractivity contribution in [3.8, 4) is 5.75 Å². The molecule has 11 heteroatoms. The molecule has 108 valence electrons. The van der Waals surface area contributed by atoms with Crippen molar-refractivity contribution >= 4 is 40.7 Å². The molecule has 0 saturated heterocycles. The van der Waals surface area contributed by atoms with Crippen LogP contribution in [0, 0.1) is 20.2 Å². The zero-order valence-corrected chi connectivity index (χ0v) is 11.3. The van der Waals surface area contributed by atoms with Crippen LogP contribution >= 0.6 is 23.2 Å². The Labute approximate surface area is 121 Å². The fourth-order valence-electron chi connectivity index (χ4n) is 1.21. The Morgan fingerprint density at radius 1 is 1.30 bits per heavy atom. The second-order valence-electron chi connectivity index (χ2n) is 3.17. The molecule has 0 atom stereocenters. The third-order valence-corrected chi connectivity index (χ3v) is 2.61. The topological polar surface area (TPSA) is 122 Å². The molecule has 9 nitrogen and oxygen atoms in total. The van der Waals surface area contributed by atoms with Crippen LogP contribution in [0.4, 0.5) is 16.2 Å². The van der Waals surface area contributed by atoms with Crippen LogP contribution in [-0.4, -0.2) is 22.6 Å². The SMILES string of the molecule is CCOC(=O)Oc1c(Cl)cc([N+](=O)[O-])c(Cl)c1[N+](=O)[O-]. The molecule has 0 aromatic heterocycles. The van der Waals surface area contributed by atoms with Gasteiger partial charge >= 0.3 is 11.8 Å². The van der Waals surface area contributed by atoms with Gasteiger partial charge in [-0.2, -0.15) is 0 Å². The van der Waals surface area contributed by atoms with E-state index >= 15 is 0 Å². The predicted octanol–water partition coefficient (Wildman–Crippen LogP) is 3.35. The standard InChI is InChI=1S/C9H6Cl2N2O7/c1-2-19-9(14)20-8-4(10)3-5(12(15)16)6(11)7(8)13(17)18/h3H,2H2,1H3. The van der Waals surface area contributed by atoms with Crippen LogP contribution in [0.5, 0.6) is 5.75 Å². The molecule has 0 spiro atoms. The lowest BCUT2D eigenvalue weighted by Crippen LogP contribution is -2.12. The molecule has 0 radical (unpaired) electrons. The lowest BCUT2D eigenvalue weighted by Gasteiger charge is -2.07. The summed E-state index contributed by atoms with van der Waals surface area (Å²) in [6, 6.07) is 0.742. The first-order chi connectivity index (χ1) is 9.29. The third-order valence-electron chi connectivity index (χ3n) is 1.96. The highest BCUT2D eigenvalue weighted by molar-refractivity contribution is 6.38. The quantitative estimate of drug-likeness (QED) is 0.360. The molecule has 0 bridgehead atoms. The van der Waals surface area contributed by atoms with Crippen molar-refractivity contribution in [1.29, 1.82) is 0 Å². The van der Waals surface area contributed by atoms with Gasteiger partial charge in [0.2, 0.25) is 5.75 Å². The molecule has 1 aromatic carbocycles. The summed E-state index contributed by atoms with van der Waals surface area (Å²) in [5, 5.41) is 20.3. The Morgan fingerprint density at radius 2 is 1.90 bits per heavy atom. The van der Waals surface area contributed by atoms with Crippen LogP contribution in [0.1, 0.15) is 6.92 Å². The van der Waals surface area contributed by atoms with Gasteiger partial charge in [0.15, 0.2) is 5.02 Å². The van der Waals surface area contributed by atoms with Gasteiger partial charge < -0.3 is 9.47 Å². The summed E-state index contributed by atoms with van der Waals surface area (Å²) >= 11 is 11.2. The van der Waals surface area contributed by atoms with E-state index in [1.807, 2.05) is 0 Å². The summed E-state index contributed by atoms with van der Waals surface area (Å²) in [6.07, 6.45) is -1.25. The summed E-state index contributed by atoms with van der Waals surface area (Å²) in [5.74, 6) is -0.717. The van der Waals surface area contributed by atoms with Gasteiger partial charge in [-0.3, -0.25) is 20.2 Å². The van der Waals surface area contributed by atoms with Crippen molar-refractivity contribution in [2.75, 3.05) is 6.61 Å². The Kier molecular flexibility index (Phi) is 5.06. The van der Waals surface area contributed by atoms with E-state index in [-0.39, 0.29) is 6.61 Å². The monoisotopic (exact) mass is 324 g/mol. The molecule has 0 unspecified atom stereocenters. The smallest absolute Gasteiger partial charge is 0.434 e. The van der Waals surface area contributed by atoms with E-state index in [0.717, 1.165) is 6.07 Å². The largest absolute Gasteiger partial charge is 0.514 e. The van der Waals surface area contributed by atoms with Crippen LogP contribution in [0.15, 0.2) is 6.07 Å². The van der Waals surface area contributed by atoms with Gasteiger partial charge in [0.05, 0.1) is 21.5 Å². The zero-order valence-electron chi connectivity index (χ0n) is 9.79. The molecular weight excluding hydrogens is 319 g/mol. The summed E-state index contributed by atoms with van der Waals surface area (Å²) in [4.78, 5) is 30.8. The molecule has 0 aliphatic heterocycles. The maximum Gasteiger partial charge on any atom is 0.514 e. The maximum atomic E-state index is 11.2. The van der Waals surface area contributed by atoms with E-state index in [2.05, 4.69) is 9.47 Å². The fourth-order valence-corrected chi connectivity index (χ4v) is 1.72. The van der Waals surface area contributed by atoms with Gasteiger partial charge in [0, 0.05) is 6.07 Å². The number of hydrogen-bond donors (Lipinski definition) is 0. The summed E-state index contributed by atoms with van der Waals surface area (Å²) in [5.41, 5.74) is -1.77. The van der Waals surface area contributed by atoms with Crippen LogP contribution < -0.4 is 4.74 Å². The average molecular weight is 325 g/mol. The van der Waals surface area contributed by atoms with Crippen molar-refractivity contribution < 1.29 is 24.1 Å². The first-order valence-electron chi connectivity index (χ1n) is 4.95. The van der Waals surface area contributed by atoms with Crippen molar-refractivity contribution in [3.05, 3.63) is 36.3 Å². The number of ether oxygens (including phenoxy) is 2. The Hall–Kier alpha value is -2.13. The van der Waals surface area contributed by atoms with Crippen LogP contribution in [0.3, 0.4) is 0 Å². The summed E-state index contributed by atoms with van der Waals surface area (Å²) in [7, 11) is 0. The molecule has 0 amide bonds. The number of carbonyl (C=O) groups is 1. The Bertz CT molecular complexity index is 590. The van der Waals surface area contributed by atoms with Crippen molar-refractivity contribution in [2.45, 2.75) is 6.92 Å². The van der Waals surface area contributed by atoms with E-state index in [1.54, 1.807) is 0 Å². The number of halogens is 2. The van der Waals surface area contributed by atoms with Crippen molar-refractivity contribution in [1.82, 2.24) is 0 Å². The van der Waals surface area contributed by atoms with E-state index in [9.17, 15) is 25.0 Å². The normalized spacial score (nSPS) is 9.95. The lowest BCUT2D eigenvalue weighted by atomic mass is 10.2. The molecule has 1 aromatic rings. The number of nitro groups is 2. The fraction of sp³-hybridized carbons (Fsp3) is 0.222. The number of carbonyl (C=O) groups excluding carboxylic acids is 1. The number of nitro benzene ring substituents is 2. The molecule has 0 fully saturated rings. The van der Waals surface area contributed by atoms with Gasteiger partial charge in [-0.15, -0.1) is 0 Å². The Morgan fingerprint density at radius 3 is 2.35 bits per heavy atom. The van der Waals surface area contributed by atoms with Crippen LogP contribution in [0.2, 0.25) is 10.0 Å². The first kappa shape index (κ1) is 15.9. The van der Waals surface area contributed by atoms with Gasteiger partial charge in [-0.25, -0.2) is 4.79 Å². The summed E-state index contributed by atoms with van der Waals surface area (Å²) < 4.78 is 8.99. The van der Waals surface area contributed by atoms with E-state index in [0.29, 0.717) is 0 Å². The van der Waals surface area contributed by atoms with E-state index in [4.69, 9.17) is 23.2 Å². The van der Waals surface area contributed by atoms with Crippen molar-refractivity contribution in [3.63, 3.8) is 0 Å². The second kappa shape index (κ2) is 6.35. The minimum Gasteiger partial charge on any atom is -0.434 e. The minimum absolute atomic E-state index is 0.0367. The zero-order chi connectivity index (χ0) is 15.4.